The van der Waals surface area contributed by atoms with E-state index in [2.05, 4.69) is 15.6 Å². The molecule has 0 bridgehead atoms. The molecule has 120 valence electrons. The third-order valence-electron chi connectivity index (χ3n) is 4.65. The van der Waals surface area contributed by atoms with Gasteiger partial charge in [0.05, 0.1) is 24.2 Å². The molecule has 2 heterocycles. The summed E-state index contributed by atoms with van der Waals surface area (Å²) in [7, 11) is 0. The number of hydrogen-bond donors (Lipinski definition) is 1. The molecular weight excluding hydrogens is 292 g/mol. The second-order valence-corrected chi connectivity index (χ2v) is 6.23. The first kappa shape index (κ1) is 14.4. The molecule has 1 amide bonds. The van der Waals surface area contributed by atoms with E-state index in [4.69, 9.17) is 4.74 Å². The van der Waals surface area contributed by atoms with Crippen LogP contribution >= 0.6 is 0 Å². The van der Waals surface area contributed by atoms with Gasteiger partial charge in [-0.3, -0.25) is 4.79 Å². The number of aromatic nitrogens is 3. The standard InChI is InChI=1S/C17H20N4O2/c22-17(19-12-6-2-1-3-7-12)16-14-8-4-5-9-15(14)21-13(11-23-16)10-18-20-21/h4-5,8-10,12,16H,1-3,6-7,11H2,(H,19,22). The lowest BCUT2D eigenvalue weighted by Crippen LogP contribution is -2.39. The van der Waals surface area contributed by atoms with Crippen LogP contribution in [0.25, 0.3) is 5.69 Å². The van der Waals surface area contributed by atoms with Crippen molar-refractivity contribution < 1.29 is 9.53 Å². The normalized spacial score (nSPS) is 21.1. The highest BCUT2D eigenvalue weighted by atomic mass is 16.5. The smallest absolute Gasteiger partial charge is 0.254 e. The topological polar surface area (TPSA) is 69.0 Å². The molecule has 23 heavy (non-hydrogen) atoms. The van der Waals surface area contributed by atoms with Gasteiger partial charge in [-0.1, -0.05) is 42.7 Å². The molecule has 1 saturated carbocycles. The van der Waals surface area contributed by atoms with Crippen LogP contribution in [0.4, 0.5) is 0 Å². The van der Waals surface area contributed by atoms with Crippen LogP contribution in [0.1, 0.15) is 49.5 Å². The van der Waals surface area contributed by atoms with E-state index < -0.39 is 6.10 Å². The molecule has 6 heteroatoms. The van der Waals surface area contributed by atoms with Gasteiger partial charge in [0, 0.05) is 11.6 Å². The van der Waals surface area contributed by atoms with E-state index in [1.165, 1.54) is 19.3 Å². The second kappa shape index (κ2) is 6.12. The van der Waals surface area contributed by atoms with Gasteiger partial charge in [-0.2, -0.15) is 0 Å². The van der Waals surface area contributed by atoms with E-state index >= 15 is 0 Å². The monoisotopic (exact) mass is 312 g/mol. The number of carbonyl (C=O) groups is 1. The third kappa shape index (κ3) is 2.74. The van der Waals surface area contributed by atoms with E-state index in [1.54, 1.807) is 10.9 Å². The fraction of sp³-hybridized carbons (Fsp3) is 0.471. The molecule has 1 atom stereocenters. The Hall–Kier alpha value is -2.21. The third-order valence-corrected chi connectivity index (χ3v) is 4.65. The van der Waals surface area contributed by atoms with Gasteiger partial charge in [-0.15, -0.1) is 5.10 Å². The SMILES string of the molecule is O=C(NC1CCCCC1)C1OCc2cnnn2-c2ccccc21. The van der Waals surface area contributed by atoms with Crippen molar-refractivity contribution in [3.63, 3.8) is 0 Å². The molecule has 2 aliphatic rings. The predicted octanol–water partition coefficient (Wildman–Crippen LogP) is 2.29. The Balaban J connectivity index is 1.62. The summed E-state index contributed by atoms with van der Waals surface area (Å²) < 4.78 is 7.66. The lowest BCUT2D eigenvalue weighted by molar-refractivity contribution is -0.135. The number of nitrogens with zero attached hydrogens (tertiary/aromatic N) is 3. The minimum Gasteiger partial charge on any atom is -0.357 e. The van der Waals surface area contributed by atoms with Gasteiger partial charge in [0.25, 0.3) is 5.91 Å². The maximum atomic E-state index is 12.8. The van der Waals surface area contributed by atoms with Crippen LogP contribution in [-0.2, 0) is 16.1 Å². The van der Waals surface area contributed by atoms with Crippen LogP contribution in [0, 0.1) is 0 Å². The molecule has 4 rings (SSSR count). The molecule has 2 aromatic rings. The lowest BCUT2D eigenvalue weighted by Gasteiger charge is -2.25. The number of para-hydroxylation sites is 1. The maximum Gasteiger partial charge on any atom is 0.254 e. The van der Waals surface area contributed by atoms with Crippen LogP contribution in [0.3, 0.4) is 0 Å². The van der Waals surface area contributed by atoms with E-state index in [9.17, 15) is 4.79 Å². The zero-order chi connectivity index (χ0) is 15.6. The number of nitrogens with one attached hydrogen (secondary N) is 1. The van der Waals surface area contributed by atoms with Crippen molar-refractivity contribution in [1.82, 2.24) is 20.3 Å². The minimum atomic E-state index is -0.602. The first-order valence-electron chi connectivity index (χ1n) is 8.24. The lowest BCUT2D eigenvalue weighted by atomic mass is 9.95. The number of carbonyl (C=O) groups excluding carboxylic acids is 1. The highest BCUT2D eigenvalue weighted by Gasteiger charge is 2.30. The average Bonchev–Trinajstić information content (AvgIpc) is 2.99. The van der Waals surface area contributed by atoms with Crippen LogP contribution in [0.2, 0.25) is 0 Å². The van der Waals surface area contributed by atoms with Crippen LogP contribution in [0.5, 0.6) is 0 Å². The van der Waals surface area contributed by atoms with Gasteiger partial charge >= 0.3 is 0 Å². The fourth-order valence-corrected chi connectivity index (χ4v) is 3.46. The van der Waals surface area contributed by atoms with E-state index in [0.717, 1.165) is 29.8 Å². The van der Waals surface area contributed by atoms with Crippen molar-refractivity contribution in [2.24, 2.45) is 0 Å². The first-order chi connectivity index (χ1) is 11.3. The Morgan fingerprint density at radius 1 is 1.22 bits per heavy atom. The van der Waals surface area contributed by atoms with Gasteiger partial charge < -0.3 is 10.1 Å². The summed E-state index contributed by atoms with van der Waals surface area (Å²) in [6, 6.07) is 8.01. The molecule has 6 nitrogen and oxygen atoms in total. The zero-order valence-electron chi connectivity index (χ0n) is 12.9. The summed E-state index contributed by atoms with van der Waals surface area (Å²) in [5, 5.41) is 11.2. The van der Waals surface area contributed by atoms with Gasteiger partial charge in [-0.05, 0) is 18.9 Å². The molecule has 0 saturated heterocycles. The Kier molecular flexibility index (Phi) is 3.83. The zero-order valence-corrected chi connectivity index (χ0v) is 12.9. The Morgan fingerprint density at radius 3 is 2.91 bits per heavy atom. The van der Waals surface area contributed by atoms with Crippen LogP contribution < -0.4 is 5.32 Å². The number of benzene rings is 1. The fourth-order valence-electron chi connectivity index (χ4n) is 3.46. The molecule has 0 spiro atoms. The van der Waals surface area contributed by atoms with E-state index in [1.807, 2.05) is 24.3 Å². The number of fused-ring (bicyclic) bond motifs is 3. The summed E-state index contributed by atoms with van der Waals surface area (Å²) in [6.45, 7) is 0.324. The summed E-state index contributed by atoms with van der Waals surface area (Å²) in [5.74, 6) is -0.0527. The molecule has 1 N–H and O–H groups in total. The molecule has 1 aliphatic heterocycles. The summed E-state index contributed by atoms with van der Waals surface area (Å²) in [5.41, 5.74) is 2.55. The van der Waals surface area contributed by atoms with E-state index in [0.29, 0.717) is 6.61 Å². The Labute approximate surface area is 134 Å². The van der Waals surface area contributed by atoms with Crippen molar-refractivity contribution in [2.75, 3.05) is 0 Å². The molecule has 0 radical (unpaired) electrons. The van der Waals surface area contributed by atoms with Gasteiger partial charge in [0.1, 0.15) is 0 Å². The largest absolute Gasteiger partial charge is 0.357 e. The van der Waals surface area contributed by atoms with Crippen molar-refractivity contribution in [3.05, 3.63) is 41.7 Å². The maximum absolute atomic E-state index is 12.8. The average molecular weight is 312 g/mol. The predicted molar refractivity (Wildman–Crippen MR) is 83.9 cm³/mol. The Morgan fingerprint density at radius 2 is 2.04 bits per heavy atom. The molecule has 1 aromatic heterocycles. The first-order valence-corrected chi connectivity index (χ1v) is 8.24. The summed E-state index contributed by atoms with van der Waals surface area (Å²) in [6.07, 6.45) is 6.84. The highest BCUT2D eigenvalue weighted by Crippen LogP contribution is 2.30. The molecule has 1 aliphatic carbocycles. The summed E-state index contributed by atoms with van der Waals surface area (Å²) >= 11 is 0. The van der Waals surface area contributed by atoms with Gasteiger partial charge in [0.2, 0.25) is 0 Å². The number of hydrogen-bond acceptors (Lipinski definition) is 4. The number of amides is 1. The van der Waals surface area contributed by atoms with Crippen molar-refractivity contribution in [3.8, 4) is 5.69 Å². The van der Waals surface area contributed by atoms with Gasteiger partial charge in [0.15, 0.2) is 6.10 Å². The second-order valence-electron chi connectivity index (χ2n) is 6.23. The quantitative estimate of drug-likeness (QED) is 0.924. The van der Waals surface area contributed by atoms with Crippen molar-refractivity contribution in [2.45, 2.75) is 50.9 Å². The molecule has 1 unspecified atom stereocenters. The summed E-state index contributed by atoms with van der Waals surface area (Å²) in [4.78, 5) is 12.8. The van der Waals surface area contributed by atoms with Crippen molar-refractivity contribution in [1.29, 1.82) is 0 Å². The van der Waals surface area contributed by atoms with Crippen molar-refractivity contribution >= 4 is 5.91 Å². The number of ether oxygens (including phenoxy) is 1. The minimum absolute atomic E-state index is 0.0527. The van der Waals surface area contributed by atoms with Crippen LogP contribution in [0.15, 0.2) is 30.5 Å². The molecular formula is C17H20N4O2. The van der Waals surface area contributed by atoms with E-state index in [-0.39, 0.29) is 11.9 Å². The molecule has 1 fully saturated rings. The number of rotatable bonds is 2. The Bertz CT molecular complexity index is 706. The van der Waals surface area contributed by atoms with Crippen LogP contribution in [-0.4, -0.2) is 26.9 Å². The molecule has 1 aromatic carbocycles. The van der Waals surface area contributed by atoms with Gasteiger partial charge in [-0.25, -0.2) is 4.68 Å². The highest BCUT2D eigenvalue weighted by molar-refractivity contribution is 5.83.